The normalized spacial score (nSPS) is 10.9. The largest absolute Gasteiger partial charge is 0.364 e. The predicted molar refractivity (Wildman–Crippen MR) is 63.4 cm³/mol. The average molecular weight is 249 g/mol. The molecule has 1 N–H and O–H groups in total. The van der Waals surface area contributed by atoms with Gasteiger partial charge in [-0.05, 0) is 12.1 Å². The van der Waals surface area contributed by atoms with E-state index in [2.05, 4.69) is 15.5 Å². The molecule has 0 radical (unpaired) electrons. The number of hydrogen-bond donors (Lipinski definition) is 1. The molecule has 0 amide bonds. The first-order chi connectivity index (χ1) is 8.31. The number of hydrogen-bond acceptors (Lipinski definition) is 5. The molecule has 86 valence electrons. The summed E-state index contributed by atoms with van der Waals surface area (Å²) in [6.45, 7) is 0.540. The number of fused-ring (bicyclic) bond motifs is 1. The Hall–Kier alpha value is -1.95. The van der Waals surface area contributed by atoms with Gasteiger partial charge < -0.3 is 9.84 Å². The maximum absolute atomic E-state index is 13.0. The molecular formula is C11H8FN3OS. The summed E-state index contributed by atoms with van der Waals surface area (Å²) in [6.07, 6.45) is 1.52. The number of halogens is 1. The Morgan fingerprint density at radius 3 is 3.12 bits per heavy atom. The summed E-state index contributed by atoms with van der Waals surface area (Å²) in [5, 5.41) is 7.64. The van der Waals surface area contributed by atoms with Gasteiger partial charge in [-0.2, -0.15) is 0 Å². The van der Waals surface area contributed by atoms with Crippen molar-refractivity contribution in [2.75, 3.05) is 5.32 Å². The zero-order chi connectivity index (χ0) is 11.7. The lowest BCUT2D eigenvalue weighted by Gasteiger charge is -1.96. The van der Waals surface area contributed by atoms with Crippen LogP contribution in [0.5, 0.6) is 0 Å². The Labute approximate surface area is 100 Å². The summed E-state index contributed by atoms with van der Waals surface area (Å²) >= 11 is 1.48. The third-order valence-corrected chi connectivity index (χ3v) is 3.26. The molecule has 0 aliphatic carbocycles. The molecule has 0 spiro atoms. The number of nitrogens with one attached hydrogen (secondary N) is 1. The van der Waals surface area contributed by atoms with Crippen molar-refractivity contribution in [3.63, 3.8) is 0 Å². The highest BCUT2D eigenvalue weighted by atomic mass is 32.1. The molecule has 0 aliphatic heterocycles. The second-order valence-electron chi connectivity index (χ2n) is 3.48. The van der Waals surface area contributed by atoms with Gasteiger partial charge in [0.1, 0.15) is 17.8 Å². The van der Waals surface area contributed by atoms with Crippen molar-refractivity contribution in [1.29, 1.82) is 0 Å². The van der Waals surface area contributed by atoms with Crippen molar-refractivity contribution in [1.82, 2.24) is 10.1 Å². The molecule has 0 saturated carbocycles. The van der Waals surface area contributed by atoms with Crippen LogP contribution in [0.4, 0.5) is 9.52 Å². The van der Waals surface area contributed by atoms with Crippen LogP contribution in [-0.4, -0.2) is 10.1 Å². The van der Waals surface area contributed by atoms with Crippen LogP contribution in [0.2, 0.25) is 0 Å². The number of nitrogens with zero attached hydrogens (tertiary/aromatic N) is 2. The van der Waals surface area contributed by atoms with E-state index in [4.69, 9.17) is 4.52 Å². The summed E-state index contributed by atoms with van der Waals surface area (Å²) in [6, 6.07) is 6.36. The highest BCUT2D eigenvalue weighted by molar-refractivity contribution is 7.22. The minimum atomic E-state index is -0.272. The number of anilines is 1. The lowest BCUT2D eigenvalue weighted by Crippen LogP contribution is -1.98. The van der Waals surface area contributed by atoms with E-state index in [0.717, 1.165) is 15.5 Å². The molecule has 4 nitrogen and oxygen atoms in total. The van der Waals surface area contributed by atoms with Crippen molar-refractivity contribution in [3.05, 3.63) is 42.0 Å². The van der Waals surface area contributed by atoms with Gasteiger partial charge in [0.05, 0.1) is 16.8 Å². The van der Waals surface area contributed by atoms with Gasteiger partial charge in [0, 0.05) is 12.1 Å². The van der Waals surface area contributed by atoms with Gasteiger partial charge in [0.25, 0.3) is 0 Å². The molecule has 0 unspecified atom stereocenters. The smallest absolute Gasteiger partial charge is 0.184 e. The minimum absolute atomic E-state index is 0.272. The first kappa shape index (κ1) is 10.2. The SMILES string of the molecule is Fc1ccc2sc(NCc3ccon3)nc2c1. The molecule has 3 rings (SSSR count). The van der Waals surface area contributed by atoms with Gasteiger partial charge in [-0.1, -0.05) is 16.5 Å². The summed E-state index contributed by atoms with van der Waals surface area (Å²) in [5.74, 6) is -0.272. The zero-order valence-corrected chi connectivity index (χ0v) is 9.50. The fourth-order valence-electron chi connectivity index (χ4n) is 1.47. The first-order valence-electron chi connectivity index (χ1n) is 5.00. The quantitative estimate of drug-likeness (QED) is 0.775. The minimum Gasteiger partial charge on any atom is -0.364 e. The van der Waals surface area contributed by atoms with Gasteiger partial charge in [-0.15, -0.1) is 0 Å². The third kappa shape index (κ3) is 2.12. The number of rotatable bonds is 3. The Bertz CT molecular complexity index is 635. The fourth-order valence-corrected chi connectivity index (χ4v) is 2.31. The van der Waals surface area contributed by atoms with E-state index < -0.39 is 0 Å². The first-order valence-corrected chi connectivity index (χ1v) is 5.82. The number of benzene rings is 1. The second-order valence-corrected chi connectivity index (χ2v) is 4.51. The molecule has 0 atom stereocenters. The van der Waals surface area contributed by atoms with Gasteiger partial charge in [-0.25, -0.2) is 9.37 Å². The maximum atomic E-state index is 13.0. The molecule has 6 heteroatoms. The molecule has 0 aliphatic rings. The van der Waals surface area contributed by atoms with E-state index in [0.29, 0.717) is 12.1 Å². The molecule has 0 saturated heterocycles. The molecule has 2 aromatic heterocycles. The summed E-state index contributed by atoms with van der Waals surface area (Å²) in [5.41, 5.74) is 1.47. The Kier molecular flexibility index (Phi) is 2.49. The Morgan fingerprint density at radius 1 is 1.35 bits per heavy atom. The van der Waals surface area contributed by atoms with E-state index >= 15 is 0 Å². The van der Waals surface area contributed by atoms with Crippen LogP contribution in [0, 0.1) is 5.82 Å². The standard InChI is InChI=1S/C11H8FN3OS/c12-7-1-2-10-9(5-7)14-11(17-10)13-6-8-3-4-16-15-8/h1-5H,6H2,(H,13,14). The molecule has 17 heavy (non-hydrogen) atoms. The second kappa shape index (κ2) is 4.14. The topological polar surface area (TPSA) is 51.0 Å². The lowest BCUT2D eigenvalue weighted by atomic mass is 10.3. The summed E-state index contributed by atoms with van der Waals surface area (Å²) < 4.78 is 18.7. The Balaban J connectivity index is 1.81. The van der Waals surface area contributed by atoms with Crippen LogP contribution >= 0.6 is 11.3 Å². The molecule has 2 heterocycles. The number of thiazole rings is 1. The Morgan fingerprint density at radius 2 is 2.29 bits per heavy atom. The molecule has 0 bridgehead atoms. The van der Waals surface area contributed by atoms with Crippen molar-refractivity contribution in [2.24, 2.45) is 0 Å². The fraction of sp³-hybridized carbons (Fsp3) is 0.0909. The lowest BCUT2D eigenvalue weighted by molar-refractivity contribution is 0.412. The highest BCUT2D eigenvalue weighted by Gasteiger charge is 2.05. The van der Waals surface area contributed by atoms with Crippen molar-refractivity contribution in [2.45, 2.75) is 6.54 Å². The number of aromatic nitrogens is 2. The third-order valence-electron chi connectivity index (χ3n) is 2.26. The van der Waals surface area contributed by atoms with E-state index in [-0.39, 0.29) is 5.82 Å². The van der Waals surface area contributed by atoms with Gasteiger partial charge in [0.2, 0.25) is 0 Å². The molecular weight excluding hydrogens is 241 g/mol. The van der Waals surface area contributed by atoms with E-state index in [9.17, 15) is 4.39 Å². The molecule has 3 aromatic rings. The van der Waals surface area contributed by atoms with Crippen molar-refractivity contribution >= 4 is 26.7 Å². The van der Waals surface area contributed by atoms with Crippen LogP contribution in [0.3, 0.4) is 0 Å². The predicted octanol–water partition coefficient (Wildman–Crippen LogP) is 3.04. The van der Waals surface area contributed by atoms with Crippen LogP contribution in [0.15, 0.2) is 35.1 Å². The molecule has 1 aromatic carbocycles. The maximum Gasteiger partial charge on any atom is 0.184 e. The van der Waals surface area contributed by atoms with Crippen LogP contribution in [0.1, 0.15) is 5.69 Å². The highest BCUT2D eigenvalue weighted by Crippen LogP contribution is 2.26. The van der Waals surface area contributed by atoms with E-state index in [1.54, 1.807) is 12.1 Å². The zero-order valence-electron chi connectivity index (χ0n) is 8.68. The average Bonchev–Trinajstić information content (AvgIpc) is 2.94. The van der Waals surface area contributed by atoms with Gasteiger partial charge in [-0.3, -0.25) is 0 Å². The van der Waals surface area contributed by atoms with Crippen LogP contribution in [0.25, 0.3) is 10.2 Å². The van der Waals surface area contributed by atoms with Gasteiger partial charge >= 0.3 is 0 Å². The van der Waals surface area contributed by atoms with E-state index in [1.807, 2.05) is 0 Å². The molecule has 0 fully saturated rings. The van der Waals surface area contributed by atoms with Crippen molar-refractivity contribution < 1.29 is 8.91 Å². The van der Waals surface area contributed by atoms with Gasteiger partial charge in [0.15, 0.2) is 5.13 Å². The van der Waals surface area contributed by atoms with Crippen LogP contribution in [-0.2, 0) is 6.54 Å². The van der Waals surface area contributed by atoms with E-state index in [1.165, 1.54) is 29.7 Å². The van der Waals surface area contributed by atoms with Crippen LogP contribution < -0.4 is 5.32 Å². The summed E-state index contributed by atoms with van der Waals surface area (Å²) in [4.78, 5) is 4.28. The van der Waals surface area contributed by atoms with Crippen molar-refractivity contribution in [3.8, 4) is 0 Å². The monoisotopic (exact) mass is 249 g/mol. The summed E-state index contributed by atoms with van der Waals surface area (Å²) in [7, 11) is 0.